The van der Waals surface area contributed by atoms with E-state index in [9.17, 15) is 4.79 Å². The van der Waals surface area contributed by atoms with Crippen LogP contribution in [0.1, 0.15) is 11.7 Å². The minimum atomic E-state index is -0.222. The van der Waals surface area contributed by atoms with E-state index >= 15 is 0 Å². The Morgan fingerprint density at radius 3 is 3.13 bits per heavy atom. The number of nitriles is 1. The van der Waals surface area contributed by atoms with Crippen molar-refractivity contribution >= 4 is 5.91 Å². The highest BCUT2D eigenvalue weighted by Crippen LogP contribution is 1.99. The number of aryl methyl sites for hydroxylation is 1. The van der Waals surface area contributed by atoms with Gasteiger partial charge in [-0.2, -0.15) is 5.26 Å². The van der Waals surface area contributed by atoms with Gasteiger partial charge in [-0.3, -0.25) is 10.1 Å². The normalized spacial score (nSPS) is 9.60. The van der Waals surface area contributed by atoms with Crippen LogP contribution < -0.4 is 10.6 Å². The second-order valence-electron chi connectivity index (χ2n) is 2.90. The van der Waals surface area contributed by atoms with Crippen molar-refractivity contribution in [2.45, 2.75) is 13.5 Å². The quantitative estimate of drug-likeness (QED) is 0.649. The first kappa shape index (κ1) is 11.2. The maximum absolute atomic E-state index is 11.0. The van der Waals surface area contributed by atoms with Gasteiger partial charge in [0, 0.05) is 0 Å². The third kappa shape index (κ3) is 4.24. The van der Waals surface area contributed by atoms with E-state index in [4.69, 9.17) is 9.68 Å². The molecule has 0 unspecified atom stereocenters. The molecule has 6 nitrogen and oxygen atoms in total. The molecular weight excluding hydrogens is 196 g/mol. The summed E-state index contributed by atoms with van der Waals surface area (Å²) in [6, 6.07) is 1.82. The smallest absolute Gasteiger partial charge is 0.234 e. The van der Waals surface area contributed by atoms with Crippen molar-refractivity contribution < 1.29 is 9.21 Å². The van der Waals surface area contributed by atoms with E-state index in [1.807, 2.05) is 6.07 Å². The summed E-state index contributed by atoms with van der Waals surface area (Å²) in [5.41, 5.74) is 0. The predicted octanol–water partition coefficient (Wildman–Crippen LogP) is -0.288. The molecule has 0 saturated heterocycles. The molecule has 0 aliphatic carbocycles. The molecule has 0 atom stereocenters. The maximum Gasteiger partial charge on any atom is 0.234 e. The molecule has 0 radical (unpaired) electrons. The number of carbonyl (C=O) groups is 1. The fraction of sp³-hybridized carbons (Fsp3) is 0.444. The zero-order chi connectivity index (χ0) is 11.1. The summed E-state index contributed by atoms with van der Waals surface area (Å²) in [7, 11) is 0. The van der Waals surface area contributed by atoms with Crippen LogP contribution in [0.4, 0.5) is 0 Å². The predicted molar refractivity (Wildman–Crippen MR) is 51.6 cm³/mol. The minimum absolute atomic E-state index is 0.0264. The molecule has 1 aromatic heterocycles. The van der Waals surface area contributed by atoms with E-state index < -0.39 is 0 Å². The van der Waals surface area contributed by atoms with Crippen molar-refractivity contribution in [1.29, 1.82) is 5.26 Å². The lowest BCUT2D eigenvalue weighted by Crippen LogP contribution is -2.33. The summed E-state index contributed by atoms with van der Waals surface area (Å²) in [6.07, 6.45) is 1.62. The van der Waals surface area contributed by atoms with Crippen molar-refractivity contribution in [2.24, 2.45) is 0 Å². The van der Waals surface area contributed by atoms with Crippen LogP contribution in [0, 0.1) is 18.3 Å². The Kier molecular flexibility index (Phi) is 4.31. The number of amides is 1. The zero-order valence-electron chi connectivity index (χ0n) is 8.41. The molecule has 2 N–H and O–H groups in total. The Hall–Kier alpha value is -1.87. The molecule has 0 bridgehead atoms. The number of nitrogens with zero attached hydrogens (tertiary/aromatic N) is 2. The fourth-order valence-electron chi connectivity index (χ4n) is 0.967. The van der Waals surface area contributed by atoms with E-state index in [1.54, 1.807) is 13.1 Å². The van der Waals surface area contributed by atoms with Gasteiger partial charge in [0.1, 0.15) is 12.3 Å². The van der Waals surface area contributed by atoms with Gasteiger partial charge in [0.2, 0.25) is 11.8 Å². The van der Waals surface area contributed by atoms with Crippen molar-refractivity contribution in [1.82, 2.24) is 15.6 Å². The lowest BCUT2D eigenvalue weighted by atomic mass is 10.5. The third-order valence-corrected chi connectivity index (χ3v) is 1.60. The van der Waals surface area contributed by atoms with Crippen molar-refractivity contribution in [3.8, 4) is 6.07 Å². The first-order chi connectivity index (χ1) is 7.22. The number of carbonyl (C=O) groups excluding carboxylic acids is 1. The fourth-order valence-corrected chi connectivity index (χ4v) is 0.967. The van der Waals surface area contributed by atoms with Gasteiger partial charge in [0.05, 0.1) is 25.4 Å². The highest BCUT2D eigenvalue weighted by Gasteiger charge is 2.02. The monoisotopic (exact) mass is 208 g/mol. The summed E-state index contributed by atoms with van der Waals surface area (Å²) in [5, 5.41) is 13.5. The van der Waals surface area contributed by atoms with Gasteiger partial charge < -0.3 is 9.73 Å². The topological polar surface area (TPSA) is 91.0 Å². The molecule has 0 saturated carbocycles. The average Bonchev–Trinajstić information content (AvgIpc) is 2.61. The Morgan fingerprint density at radius 1 is 1.73 bits per heavy atom. The third-order valence-electron chi connectivity index (χ3n) is 1.60. The molecule has 0 aliphatic rings. The van der Waals surface area contributed by atoms with Crippen LogP contribution in [-0.4, -0.2) is 24.0 Å². The maximum atomic E-state index is 11.0. The van der Waals surface area contributed by atoms with E-state index in [2.05, 4.69) is 15.6 Å². The number of rotatable bonds is 5. The van der Waals surface area contributed by atoms with Crippen LogP contribution in [-0.2, 0) is 11.3 Å². The number of hydrogen-bond donors (Lipinski definition) is 2. The summed E-state index contributed by atoms with van der Waals surface area (Å²) >= 11 is 0. The molecular formula is C9H12N4O2. The SMILES string of the molecule is Cc1cnc(CNCC(=O)NCC#N)o1. The molecule has 6 heteroatoms. The molecule has 1 heterocycles. The largest absolute Gasteiger partial charge is 0.445 e. The first-order valence-corrected chi connectivity index (χ1v) is 4.48. The summed E-state index contributed by atoms with van der Waals surface area (Å²) in [4.78, 5) is 15.0. The molecule has 15 heavy (non-hydrogen) atoms. The minimum Gasteiger partial charge on any atom is -0.445 e. The molecule has 1 rings (SSSR count). The molecule has 0 aliphatic heterocycles. The highest BCUT2D eigenvalue weighted by molar-refractivity contribution is 5.78. The molecule has 0 fully saturated rings. The number of nitrogens with one attached hydrogen (secondary N) is 2. The van der Waals surface area contributed by atoms with Gasteiger partial charge in [-0.25, -0.2) is 4.98 Å². The van der Waals surface area contributed by atoms with Crippen molar-refractivity contribution in [3.05, 3.63) is 17.8 Å². The van der Waals surface area contributed by atoms with Crippen molar-refractivity contribution in [2.75, 3.05) is 13.1 Å². The zero-order valence-corrected chi connectivity index (χ0v) is 8.41. The van der Waals surface area contributed by atoms with Gasteiger partial charge in [0.25, 0.3) is 0 Å². The molecule has 1 amide bonds. The van der Waals surface area contributed by atoms with Crippen LogP contribution in [0.15, 0.2) is 10.6 Å². The van der Waals surface area contributed by atoms with Crippen LogP contribution in [0.25, 0.3) is 0 Å². The van der Waals surface area contributed by atoms with E-state index in [0.717, 1.165) is 5.76 Å². The second kappa shape index (κ2) is 5.78. The summed E-state index contributed by atoms with van der Waals surface area (Å²) in [6.45, 7) is 2.37. The van der Waals surface area contributed by atoms with Gasteiger partial charge in [0.15, 0.2) is 0 Å². The number of aromatic nitrogens is 1. The Bertz CT molecular complexity index is 366. The number of hydrogen-bond acceptors (Lipinski definition) is 5. The summed E-state index contributed by atoms with van der Waals surface area (Å²) < 4.78 is 5.19. The Balaban J connectivity index is 2.16. The van der Waals surface area contributed by atoms with Gasteiger partial charge in [-0.05, 0) is 6.92 Å². The molecule has 80 valence electrons. The van der Waals surface area contributed by atoms with Crippen LogP contribution in [0.3, 0.4) is 0 Å². The van der Waals surface area contributed by atoms with E-state index in [-0.39, 0.29) is 19.0 Å². The van der Waals surface area contributed by atoms with E-state index in [1.165, 1.54) is 0 Å². The first-order valence-electron chi connectivity index (χ1n) is 4.48. The Labute approximate surface area is 87.3 Å². The van der Waals surface area contributed by atoms with Gasteiger partial charge in [-0.1, -0.05) is 0 Å². The number of oxazole rings is 1. The van der Waals surface area contributed by atoms with Gasteiger partial charge in [-0.15, -0.1) is 0 Å². The highest BCUT2D eigenvalue weighted by atomic mass is 16.4. The van der Waals surface area contributed by atoms with Crippen molar-refractivity contribution in [3.63, 3.8) is 0 Å². The molecule has 0 spiro atoms. The van der Waals surface area contributed by atoms with Crippen LogP contribution in [0.5, 0.6) is 0 Å². The van der Waals surface area contributed by atoms with Gasteiger partial charge >= 0.3 is 0 Å². The Morgan fingerprint density at radius 2 is 2.53 bits per heavy atom. The molecule has 1 aromatic rings. The second-order valence-corrected chi connectivity index (χ2v) is 2.90. The van der Waals surface area contributed by atoms with E-state index in [0.29, 0.717) is 12.4 Å². The molecule has 0 aromatic carbocycles. The lowest BCUT2D eigenvalue weighted by molar-refractivity contribution is -0.120. The lowest BCUT2D eigenvalue weighted by Gasteiger charge is -2.01. The van der Waals surface area contributed by atoms with Crippen LogP contribution in [0.2, 0.25) is 0 Å². The average molecular weight is 208 g/mol. The standard InChI is InChI=1S/C9H12N4O2/c1-7-4-13-9(15-7)6-11-5-8(14)12-3-2-10/h4,11H,3,5-6H2,1H3,(H,12,14). The van der Waals surface area contributed by atoms with Crippen LogP contribution >= 0.6 is 0 Å². The summed E-state index contributed by atoms with van der Waals surface area (Å²) in [5.74, 6) is 1.06.